The second-order valence-electron chi connectivity index (χ2n) is 5.00. The maximum Gasteiger partial charge on any atom is 0.0135 e. The Bertz CT molecular complexity index is 211. The van der Waals surface area contributed by atoms with Gasteiger partial charge in [0.25, 0.3) is 0 Å². The fourth-order valence-electron chi connectivity index (χ4n) is 1.88. The van der Waals surface area contributed by atoms with Gasteiger partial charge in [0.2, 0.25) is 0 Å². The van der Waals surface area contributed by atoms with Crippen LogP contribution in [0.1, 0.15) is 39.5 Å². The summed E-state index contributed by atoms with van der Waals surface area (Å²) in [6.07, 6.45) is 9.47. The van der Waals surface area contributed by atoms with E-state index in [2.05, 4.69) is 47.3 Å². The molecule has 0 aromatic rings. The predicted molar refractivity (Wildman–Crippen MR) is 119 cm³/mol. The van der Waals surface area contributed by atoms with Crippen molar-refractivity contribution in [2.24, 2.45) is 0 Å². The number of unbranched alkanes of at least 4 members (excludes halogenated alkanes) is 2. The van der Waals surface area contributed by atoms with Gasteiger partial charge in [0.1, 0.15) is 0 Å². The summed E-state index contributed by atoms with van der Waals surface area (Å²) >= 11 is 0. The van der Waals surface area contributed by atoms with Gasteiger partial charge in [-0.05, 0) is 65.0 Å². The lowest BCUT2D eigenvalue weighted by Gasteiger charge is -2.05. The minimum absolute atomic E-state index is 0. The quantitative estimate of drug-likeness (QED) is 0.225. The third kappa shape index (κ3) is 34.2. The SMILES string of the molecule is CCNC/C=C\CNCCCCNCCCCNCC.Cl.Cl.Cl.Cl. The summed E-state index contributed by atoms with van der Waals surface area (Å²) in [5, 5.41) is 13.6. The Balaban J connectivity index is -0.000000301. The van der Waals surface area contributed by atoms with Crippen LogP contribution in [0, 0.1) is 0 Å². The maximum absolute atomic E-state index is 3.51. The third-order valence-corrected chi connectivity index (χ3v) is 3.11. The monoisotopic (exact) mass is 428 g/mol. The number of nitrogens with one attached hydrogen (secondary N) is 4. The van der Waals surface area contributed by atoms with Crippen LogP contribution in [-0.4, -0.2) is 52.4 Å². The van der Waals surface area contributed by atoms with E-state index < -0.39 is 0 Å². The van der Waals surface area contributed by atoms with Crippen molar-refractivity contribution in [3.63, 3.8) is 0 Å². The molecular formula is C16H40Cl4N4. The van der Waals surface area contributed by atoms with Crippen molar-refractivity contribution in [3.8, 4) is 0 Å². The van der Waals surface area contributed by atoms with E-state index in [0.717, 1.165) is 52.4 Å². The van der Waals surface area contributed by atoms with E-state index in [0.29, 0.717) is 0 Å². The Morgan fingerprint density at radius 1 is 0.500 bits per heavy atom. The van der Waals surface area contributed by atoms with Gasteiger partial charge in [-0.3, -0.25) is 0 Å². The second-order valence-corrected chi connectivity index (χ2v) is 5.00. The van der Waals surface area contributed by atoms with Gasteiger partial charge in [-0.2, -0.15) is 0 Å². The van der Waals surface area contributed by atoms with Crippen LogP contribution in [0.5, 0.6) is 0 Å². The molecule has 0 aliphatic heterocycles. The lowest BCUT2D eigenvalue weighted by Crippen LogP contribution is -2.21. The Morgan fingerprint density at radius 2 is 0.875 bits per heavy atom. The first kappa shape index (κ1) is 35.8. The highest BCUT2D eigenvalue weighted by atomic mass is 35.5. The van der Waals surface area contributed by atoms with Crippen molar-refractivity contribution < 1.29 is 0 Å². The van der Waals surface area contributed by atoms with Crippen LogP contribution in [-0.2, 0) is 0 Å². The molecule has 0 heterocycles. The third-order valence-electron chi connectivity index (χ3n) is 3.11. The first-order chi connectivity index (χ1) is 9.91. The molecule has 0 saturated heterocycles. The molecule has 0 aromatic heterocycles. The fourth-order valence-corrected chi connectivity index (χ4v) is 1.88. The summed E-state index contributed by atoms with van der Waals surface area (Å²) in [6, 6.07) is 0. The number of rotatable bonds is 16. The molecule has 0 aromatic carbocycles. The summed E-state index contributed by atoms with van der Waals surface area (Å²) in [5.74, 6) is 0. The molecule has 0 amide bonds. The number of halogens is 4. The highest BCUT2D eigenvalue weighted by Gasteiger charge is 1.90. The Hall–Kier alpha value is 0.740. The van der Waals surface area contributed by atoms with Crippen LogP contribution in [0.2, 0.25) is 0 Å². The number of likely N-dealkylation sites (N-methyl/N-ethyl adjacent to an activating group) is 1. The molecule has 0 spiro atoms. The molecule has 0 unspecified atom stereocenters. The zero-order valence-electron chi connectivity index (χ0n) is 15.3. The summed E-state index contributed by atoms with van der Waals surface area (Å²) < 4.78 is 0. The first-order valence-electron chi connectivity index (χ1n) is 8.39. The van der Waals surface area contributed by atoms with Crippen molar-refractivity contribution in [3.05, 3.63) is 12.2 Å². The fraction of sp³-hybridized carbons (Fsp3) is 0.875. The minimum Gasteiger partial charge on any atom is -0.317 e. The molecule has 0 radical (unpaired) electrons. The smallest absolute Gasteiger partial charge is 0.0135 e. The average molecular weight is 430 g/mol. The normalized spacial score (nSPS) is 9.58. The van der Waals surface area contributed by atoms with Crippen molar-refractivity contribution >= 4 is 49.6 Å². The van der Waals surface area contributed by atoms with E-state index >= 15 is 0 Å². The van der Waals surface area contributed by atoms with Gasteiger partial charge in [0.15, 0.2) is 0 Å². The zero-order valence-corrected chi connectivity index (χ0v) is 18.5. The molecular weight excluding hydrogens is 390 g/mol. The van der Waals surface area contributed by atoms with Gasteiger partial charge in [-0.25, -0.2) is 0 Å². The van der Waals surface area contributed by atoms with Crippen LogP contribution in [0.3, 0.4) is 0 Å². The highest BCUT2D eigenvalue weighted by Crippen LogP contribution is 1.87. The molecule has 0 aliphatic carbocycles. The van der Waals surface area contributed by atoms with Gasteiger partial charge < -0.3 is 21.3 Å². The molecule has 152 valence electrons. The Labute approximate surface area is 174 Å². The maximum atomic E-state index is 3.51. The molecule has 0 saturated carbocycles. The molecule has 8 heteroatoms. The van der Waals surface area contributed by atoms with Gasteiger partial charge in [0, 0.05) is 13.1 Å². The van der Waals surface area contributed by atoms with Gasteiger partial charge in [-0.15, -0.1) is 49.6 Å². The van der Waals surface area contributed by atoms with Crippen molar-refractivity contribution in [2.45, 2.75) is 39.5 Å². The molecule has 0 rings (SSSR count). The molecule has 24 heavy (non-hydrogen) atoms. The van der Waals surface area contributed by atoms with Crippen LogP contribution in [0.15, 0.2) is 12.2 Å². The van der Waals surface area contributed by atoms with E-state index in [4.69, 9.17) is 0 Å². The second kappa shape index (κ2) is 35.0. The van der Waals surface area contributed by atoms with Crippen molar-refractivity contribution in [1.29, 1.82) is 0 Å². The lowest BCUT2D eigenvalue weighted by molar-refractivity contribution is 0.563. The van der Waals surface area contributed by atoms with Crippen LogP contribution < -0.4 is 21.3 Å². The van der Waals surface area contributed by atoms with Crippen LogP contribution >= 0.6 is 49.6 Å². The van der Waals surface area contributed by atoms with E-state index in [1.807, 2.05) is 0 Å². The molecule has 4 nitrogen and oxygen atoms in total. The first-order valence-corrected chi connectivity index (χ1v) is 8.39. The topological polar surface area (TPSA) is 48.1 Å². The Kier molecular flexibility index (Phi) is 52.1. The van der Waals surface area contributed by atoms with E-state index in [-0.39, 0.29) is 49.6 Å². The van der Waals surface area contributed by atoms with E-state index in [9.17, 15) is 0 Å². The van der Waals surface area contributed by atoms with Gasteiger partial charge >= 0.3 is 0 Å². The van der Waals surface area contributed by atoms with Crippen LogP contribution in [0.25, 0.3) is 0 Å². The zero-order chi connectivity index (χ0) is 14.7. The minimum atomic E-state index is 0. The predicted octanol–water partition coefficient (Wildman–Crippen LogP) is 3.19. The summed E-state index contributed by atoms with van der Waals surface area (Å²) in [4.78, 5) is 0. The summed E-state index contributed by atoms with van der Waals surface area (Å²) in [5.41, 5.74) is 0. The molecule has 4 N–H and O–H groups in total. The van der Waals surface area contributed by atoms with E-state index in [1.165, 1.54) is 25.7 Å². The Morgan fingerprint density at radius 3 is 1.33 bits per heavy atom. The molecule has 0 atom stereocenters. The molecule has 0 bridgehead atoms. The lowest BCUT2D eigenvalue weighted by atomic mass is 10.2. The van der Waals surface area contributed by atoms with Crippen LogP contribution in [0.4, 0.5) is 0 Å². The summed E-state index contributed by atoms with van der Waals surface area (Å²) in [6.45, 7) is 13.0. The standard InChI is InChI=1S/C16H36N4.4ClH/c1-3-17-11-5-7-13-19-15-9-10-16-20-14-8-6-12-18-4-2;;;;/h5,7,17-20H,3-4,6,8-16H2,1-2H3;4*1H/b7-5-;;;;. The molecule has 0 aliphatic rings. The number of hydrogen-bond donors (Lipinski definition) is 4. The van der Waals surface area contributed by atoms with Gasteiger partial charge in [0.05, 0.1) is 0 Å². The van der Waals surface area contributed by atoms with E-state index in [1.54, 1.807) is 0 Å². The van der Waals surface area contributed by atoms with Crippen molar-refractivity contribution in [1.82, 2.24) is 21.3 Å². The number of hydrogen-bond acceptors (Lipinski definition) is 4. The largest absolute Gasteiger partial charge is 0.317 e. The molecule has 0 fully saturated rings. The summed E-state index contributed by atoms with van der Waals surface area (Å²) in [7, 11) is 0. The highest BCUT2D eigenvalue weighted by molar-refractivity contribution is 5.86. The van der Waals surface area contributed by atoms with Gasteiger partial charge in [-0.1, -0.05) is 26.0 Å². The van der Waals surface area contributed by atoms with Crippen molar-refractivity contribution in [2.75, 3.05) is 52.4 Å². The average Bonchev–Trinajstić information content (AvgIpc) is 2.47.